The zero-order valence-corrected chi connectivity index (χ0v) is 13.6. The summed E-state index contributed by atoms with van der Waals surface area (Å²) in [6.45, 7) is 0.780. The number of sulfonamides is 1. The normalized spacial score (nSPS) is 29.3. The molecule has 1 aromatic carbocycles. The Bertz CT molecular complexity index is 615. The Balaban J connectivity index is 1.87. The molecule has 1 heterocycles. The maximum atomic E-state index is 12.9. The zero-order chi connectivity index (χ0) is 15.7. The van der Waals surface area contributed by atoms with E-state index in [0.717, 1.165) is 12.8 Å². The van der Waals surface area contributed by atoms with Crippen LogP contribution in [0, 0.1) is 0 Å². The highest BCUT2D eigenvalue weighted by Gasteiger charge is 2.47. The second kappa shape index (κ2) is 6.16. The van der Waals surface area contributed by atoms with Gasteiger partial charge in [-0.2, -0.15) is 4.31 Å². The van der Waals surface area contributed by atoms with E-state index in [-0.39, 0.29) is 23.1 Å². The topological polar surface area (TPSA) is 65.1 Å². The number of morpholine rings is 1. The summed E-state index contributed by atoms with van der Waals surface area (Å²) in [4.78, 5) is 0.287. The predicted molar refractivity (Wildman–Crippen MR) is 80.4 cm³/mol. The van der Waals surface area contributed by atoms with E-state index in [9.17, 15) is 8.42 Å². The van der Waals surface area contributed by atoms with Gasteiger partial charge >= 0.3 is 0 Å². The van der Waals surface area contributed by atoms with Crippen LogP contribution >= 0.6 is 0 Å². The molecule has 0 bridgehead atoms. The van der Waals surface area contributed by atoms with Crippen molar-refractivity contribution >= 4 is 10.0 Å². The van der Waals surface area contributed by atoms with Gasteiger partial charge < -0.3 is 14.2 Å². The molecule has 1 saturated carbocycles. The van der Waals surface area contributed by atoms with E-state index in [1.165, 1.54) is 0 Å². The van der Waals surface area contributed by atoms with Crippen molar-refractivity contribution in [2.24, 2.45) is 0 Å². The maximum absolute atomic E-state index is 12.9. The van der Waals surface area contributed by atoms with Crippen LogP contribution in [0.4, 0.5) is 0 Å². The Morgan fingerprint density at radius 1 is 1.18 bits per heavy atom. The van der Waals surface area contributed by atoms with Crippen LogP contribution in [0.1, 0.15) is 12.8 Å². The molecule has 3 rings (SSSR count). The van der Waals surface area contributed by atoms with Crippen molar-refractivity contribution in [2.75, 3.05) is 27.4 Å². The van der Waals surface area contributed by atoms with Gasteiger partial charge in [0.2, 0.25) is 10.0 Å². The van der Waals surface area contributed by atoms with Gasteiger partial charge in [-0.25, -0.2) is 8.42 Å². The third-order valence-corrected chi connectivity index (χ3v) is 6.39. The first-order valence-corrected chi connectivity index (χ1v) is 8.82. The first-order chi connectivity index (χ1) is 10.6. The smallest absolute Gasteiger partial charge is 0.243 e. The Kier molecular flexibility index (Phi) is 4.40. The van der Waals surface area contributed by atoms with Crippen LogP contribution in [-0.4, -0.2) is 58.3 Å². The molecular weight excluding hydrogens is 306 g/mol. The molecule has 1 aliphatic carbocycles. The number of fused-ring (bicyclic) bond motifs is 1. The van der Waals surface area contributed by atoms with Crippen LogP contribution < -0.4 is 4.74 Å². The number of hydrogen-bond acceptors (Lipinski definition) is 5. The molecule has 0 aromatic heterocycles. The van der Waals surface area contributed by atoms with E-state index in [1.54, 1.807) is 42.8 Å². The van der Waals surface area contributed by atoms with Gasteiger partial charge in [-0.15, -0.1) is 0 Å². The summed E-state index contributed by atoms with van der Waals surface area (Å²) in [5.41, 5.74) is 0. The van der Waals surface area contributed by atoms with Gasteiger partial charge in [0.25, 0.3) is 0 Å². The summed E-state index contributed by atoms with van der Waals surface area (Å²) in [6.07, 6.45) is 1.38. The minimum atomic E-state index is -3.53. The lowest BCUT2D eigenvalue weighted by atomic mass is 10.2. The fraction of sp³-hybridized carbons (Fsp3) is 0.600. The van der Waals surface area contributed by atoms with Gasteiger partial charge in [-0.05, 0) is 37.1 Å². The van der Waals surface area contributed by atoms with Gasteiger partial charge in [-0.3, -0.25) is 0 Å². The zero-order valence-electron chi connectivity index (χ0n) is 12.8. The van der Waals surface area contributed by atoms with E-state index in [2.05, 4.69) is 0 Å². The van der Waals surface area contributed by atoms with Gasteiger partial charge in [0.1, 0.15) is 11.9 Å². The number of hydrogen-bond donors (Lipinski definition) is 0. The summed E-state index contributed by atoms with van der Waals surface area (Å²) < 4.78 is 43.6. The number of methoxy groups -OCH3 is 2. The molecule has 6 nitrogen and oxygen atoms in total. The Morgan fingerprint density at radius 3 is 2.55 bits per heavy atom. The number of rotatable bonds is 4. The van der Waals surface area contributed by atoms with Crippen molar-refractivity contribution in [3.8, 4) is 5.75 Å². The molecule has 7 heteroatoms. The summed E-state index contributed by atoms with van der Waals surface area (Å²) in [5.74, 6) is 0.638. The van der Waals surface area contributed by atoms with Crippen LogP contribution in [0.25, 0.3) is 0 Å². The summed E-state index contributed by atoms with van der Waals surface area (Å²) in [5, 5.41) is 0. The van der Waals surface area contributed by atoms with Gasteiger partial charge in [0, 0.05) is 13.7 Å². The fourth-order valence-electron chi connectivity index (χ4n) is 3.32. The average molecular weight is 327 g/mol. The lowest BCUT2D eigenvalue weighted by molar-refractivity contribution is -0.0848. The second-order valence-corrected chi connectivity index (χ2v) is 7.44. The summed E-state index contributed by atoms with van der Waals surface area (Å²) >= 11 is 0. The van der Waals surface area contributed by atoms with E-state index in [1.807, 2.05) is 0 Å². The number of benzene rings is 1. The Morgan fingerprint density at radius 2 is 1.91 bits per heavy atom. The third kappa shape index (κ3) is 2.62. The first-order valence-electron chi connectivity index (χ1n) is 7.38. The van der Waals surface area contributed by atoms with E-state index in [0.29, 0.717) is 18.9 Å². The lowest BCUT2D eigenvalue weighted by Crippen LogP contribution is -2.53. The van der Waals surface area contributed by atoms with Gasteiger partial charge in [-0.1, -0.05) is 0 Å². The molecule has 1 aliphatic heterocycles. The highest BCUT2D eigenvalue weighted by molar-refractivity contribution is 7.89. The largest absolute Gasteiger partial charge is 0.497 e. The lowest BCUT2D eigenvalue weighted by Gasteiger charge is -2.37. The van der Waals surface area contributed by atoms with Crippen molar-refractivity contribution in [2.45, 2.75) is 36.0 Å². The molecule has 0 spiro atoms. The standard InChI is InChI=1S/C15H21NO5S/c1-19-11-3-5-12(6-4-11)22(17,18)16-9-10-21-15-13(16)7-8-14(15)20-2/h3-6,13-15H,7-10H2,1-2H3/t13-,14-,15+/m0/s1. The van der Waals surface area contributed by atoms with Crippen molar-refractivity contribution in [3.63, 3.8) is 0 Å². The first kappa shape index (κ1) is 15.7. The molecule has 0 N–H and O–H groups in total. The SMILES string of the molecule is COc1ccc(S(=O)(=O)N2CCO[C@H]3[C@@H](OC)CC[C@@H]32)cc1. The molecule has 0 amide bonds. The van der Waals surface area contributed by atoms with Crippen molar-refractivity contribution in [1.82, 2.24) is 4.31 Å². The monoisotopic (exact) mass is 327 g/mol. The number of nitrogens with zero attached hydrogens (tertiary/aromatic N) is 1. The molecule has 122 valence electrons. The highest BCUT2D eigenvalue weighted by Crippen LogP contribution is 2.35. The molecule has 2 aliphatic rings. The number of ether oxygens (including phenoxy) is 3. The van der Waals surface area contributed by atoms with Crippen molar-refractivity contribution < 1.29 is 22.6 Å². The molecule has 0 radical (unpaired) electrons. The summed E-state index contributed by atoms with van der Waals surface area (Å²) in [6, 6.07) is 6.35. The van der Waals surface area contributed by atoms with E-state index in [4.69, 9.17) is 14.2 Å². The minimum absolute atomic E-state index is 0.0288. The Labute approximate surface area is 131 Å². The Hall–Kier alpha value is -1.15. The van der Waals surface area contributed by atoms with E-state index < -0.39 is 10.0 Å². The van der Waals surface area contributed by atoms with Crippen LogP contribution in [0.3, 0.4) is 0 Å². The third-order valence-electron chi connectivity index (χ3n) is 4.45. The van der Waals surface area contributed by atoms with Gasteiger partial charge in [0.05, 0.1) is 30.8 Å². The average Bonchev–Trinajstić information content (AvgIpc) is 2.97. The molecular formula is C15H21NO5S. The van der Waals surface area contributed by atoms with Crippen LogP contribution in [0.15, 0.2) is 29.2 Å². The molecule has 0 unspecified atom stereocenters. The quantitative estimate of drug-likeness (QED) is 0.833. The highest BCUT2D eigenvalue weighted by atomic mass is 32.2. The fourth-order valence-corrected chi connectivity index (χ4v) is 4.96. The maximum Gasteiger partial charge on any atom is 0.243 e. The molecule has 22 heavy (non-hydrogen) atoms. The van der Waals surface area contributed by atoms with E-state index >= 15 is 0 Å². The van der Waals surface area contributed by atoms with Crippen molar-refractivity contribution in [1.29, 1.82) is 0 Å². The van der Waals surface area contributed by atoms with Crippen LogP contribution in [0.5, 0.6) is 5.75 Å². The van der Waals surface area contributed by atoms with Crippen LogP contribution in [-0.2, 0) is 19.5 Å². The second-order valence-electron chi connectivity index (χ2n) is 5.55. The predicted octanol–water partition coefficient (Wildman–Crippen LogP) is 1.26. The van der Waals surface area contributed by atoms with Gasteiger partial charge in [0.15, 0.2) is 0 Å². The molecule has 2 fully saturated rings. The molecule has 3 atom stereocenters. The van der Waals surface area contributed by atoms with Crippen molar-refractivity contribution in [3.05, 3.63) is 24.3 Å². The minimum Gasteiger partial charge on any atom is -0.497 e. The molecule has 1 saturated heterocycles. The molecule has 1 aromatic rings. The summed E-state index contributed by atoms with van der Waals surface area (Å²) in [7, 11) is -0.329. The van der Waals surface area contributed by atoms with Crippen LogP contribution in [0.2, 0.25) is 0 Å².